The number of H-pyrrole nitrogens is 1. The van der Waals surface area contributed by atoms with Crippen LogP contribution in [0, 0.1) is 13.8 Å². The van der Waals surface area contributed by atoms with Crippen molar-refractivity contribution in [3.63, 3.8) is 0 Å². The van der Waals surface area contributed by atoms with E-state index in [9.17, 15) is 4.79 Å². The van der Waals surface area contributed by atoms with Crippen LogP contribution in [-0.4, -0.2) is 32.7 Å². The molecule has 0 fully saturated rings. The highest BCUT2D eigenvalue weighted by atomic mass is 32.1. The number of rotatable bonds is 3. The topological polar surface area (TPSA) is 72.3 Å². The predicted molar refractivity (Wildman–Crippen MR) is 103 cm³/mol. The van der Waals surface area contributed by atoms with Crippen LogP contribution in [0.2, 0.25) is 0 Å². The molecule has 7 heteroatoms. The number of aromatic amines is 1. The van der Waals surface area contributed by atoms with Crippen LogP contribution < -0.4 is 0 Å². The Bertz CT molecular complexity index is 1150. The van der Waals surface area contributed by atoms with E-state index in [1.807, 2.05) is 20.0 Å². The van der Waals surface area contributed by atoms with Crippen LogP contribution in [0.25, 0.3) is 27.1 Å². The quantitative estimate of drug-likeness (QED) is 0.542. The van der Waals surface area contributed by atoms with Gasteiger partial charge in [-0.05, 0) is 42.5 Å². The van der Waals surface area contributed by atoms with Crippen LogP contribution in [0.3, 0.4) is 0 Å². The van der Waals surface area contributed by atoms with Crippen molar-refractivity contribution in [1.82, 2.24) is 19.6 Å². The van der Waals surface area contributed by atoms with Crippen LogP contribution >= 0.6 is 11.3 Å². The molecule has 134 valence electrons. The summed E-state index contributed by atoms with van der Waals surface area (Å²) in [6.07, 6.45) is 3.56. The first-order valence-corrected chi connectivity index (χ1v) is 9.27. The third kappa shape index (κ3) is 2.34. The SMILES string of the molecule is COC(=O)c1sc2c(C(C)C)c(-c3cc(C)c4ncnn4c3)[nH]c2c1C. The molecular formula is C19H20N4O2S. The Morgan fingerprint density at radius 2 is 2.12 bits per heavy atom. The van der Waals surface area contributed by atoms with Gasteiger partial charge in [0.25, 0.3) is 0 Å². The van der Waals surface area contributed by atoms with Gasteiger partial charge >= 0.3 is 5.97 Å². The number of ether oxygens (including phenoxy) is 1. The lowest BCUT2D eigenvalue weighted by Gasteiger charge is -2.09. The van der Waals surface area contributed by atoms with Crippen LogP contribution in [0.5, 0.6) is 0 Å². The number of hydrogen-bond acceptors (Lipinski definition) is 5. The van der Waals surface area contributed by atoms with Crippen molar-refractivity contribution >= 4 is 33.2 Å². The Morgan fingerprint density at radius 1 is 1.35 bits per heavy atom. The molecule has 6 nitrogen and oxygen atoms in total. The van der Waals surface area contributed by atoms with Crippen molar-refractivity contribution < 1.29 is 9.53 Å². The first kappa shape index (κ1) is 16.8. The Labute approximate surface area is 154 Å². The van der Waals surface area contributed by atoms with E-state index in [0.29, 0.717) is 10.8 Å². The van der Waals surface area contributed by atoms with E-state index >= 15 is 0 Å². The standard InChI is InChI=1S/C19H20N4O2S/c1-9(2)13-15(12-6-10(3)18-20-8-21-23(18)7-12)22-14-11(4)16(19(24)25-5)26-17(13)14/h6-9,22H,1-5H3. The van der Waals surface area contributed by atoms with E-state index in [1.165, 1.54) is 24.0 Å². The molecule has 0 saturated carbocycles. The normalized spacial score (nSPS) is 11.8. The molecule has 0 spiro atoms. The second-order valence-electron chi connectivity index (χ2n) is 6.76. The van der Waals surface area contributed by atoms with Gasteiger partial charge < -0.3 is 9.72 Å². The number of nitrogens with zero attached hydrogens (tertiary/aromatic N) is 3. The number of aromatic nitrogens is 4. The van der Waals surface area contributed by atoms with Gasteiger partial charge in [-0.1, -0.05) is 13.8 Å². The van der Waals surface area contributed by atoms with Crippen LogP contribution in [0.4, 0.5) is 0 Å². The minimum atomic E-state index is -0.284. The van der Waals surface area contributed by atoms with Crippen LogP contribution in [0.1, 0.15) is 46.1 Å². The fourth-order valence-corrected chi connectivity index (χ4v) is 4.84. The maximum atomic E-state index is 12.1. The Morgan fingerprint density at radius 3 is 2.81 bits per heavy atom. The average Bonchev–Trinajstić information content (AvgIpc) is 3.28. The number of pyridine rings is 1. The third-order valence-corrected chi connectivity index (χ3v) is 6.01. The van der Waals surface area contributed by atoms with Gasteiger partial charge in [-0.25, -0.2) is 14.3 Å². The number of carbonyl (C=O) groups excluding carboxylic acids is 1. The Kier molecular flexibility index (Phi) is 3.84. The first-order valence-electron chi connectivity index (χ1n) is 8.46. The largest absolute Gasteiger partial charge is 0.465 e. The highest BCUT2D eigenvalue weighted by Crippen LogP contribution is 2.42. The fourth-order valence-electron chi connectivity index (χ4n) is 3.46. The summed E-state index contributed by atoms with van der Waals surface area (Å²) in [6, 6.07) is 2.13. The highest BCUT2D eigenvalue weighted by Gasteiger charge is 2.24. The number of fused-ring (bicyclic) bond motifs is 2. The van der Waals surface area contributed by atoms with Crippen molar-refractivity contribution in [2.45, 2.75) is 33.6 Å². The molecule has 0 aliphatic rings. The molecule has 0 aliphatic carbocycles. The number of thiophene rings is 1. The second-order valence-corrected chi connectivity index (χ2v) is 7.78. The van der Waals surface area contributed by atoms with Gasteiger partial charge in [0.05, 0.1) is 23.0 Å². The number of esters is 1. The molecule has 0 saturated heterocycles. The maximum absolute atomic E-state index is 12.1. The number of carbonyl (C=O) groups is 1. The van der Waals surface area contributed by atoms with E-state index in [-0.39, 0.29) is 5.97 Å². The van der Waals surface area contributed by atoms with Gasteiger partial charge in [-0.15, -0.1) is 11.3 Å². The summed E-state index contributed by atoms with van der Waals surface area (Å²) in [5.41, 5.74) is 7.21. The van der Waals surface area contributed by atoms with Crippen LogP contribution in [0.15, 0.2) is 18.6 Å². The second kappa shape index (κ2) is 5.95. The summed E-state index contributed by atoms with van der Waals surface area (Å²) in [4.78, 5) is 20.6. The summed E-state index contributed by atoms with van der Waals surface area (Å²) in [5.74, 6) is 0.0160. The number of aryl methyl sites for hydroxylation is 2. The zero-order valence-electron chi connectivity index (χ0n) is 15.4. The molecule has 1 N–H and O–H groups in total. The van der Waals surface area contributed by atoms with Gasteiger partial charge in [-0.3, -0.25) is 0 Å². The van der Waals surface area contributed by atoms with Crippen molar-refractivity contribution in [2.75, 3.05) is 7.11 Å². The molecule has 0 atom stereocenters. The number of hydrogen-bond donors (Lipinski definition) is 1. The first-order chi connectivity index (χ1) is 12.4. The van der Waals surface area contributed by atoms with Crippen LogP contribution in [-0.2, 0) is 4.74 Å². The molecule has 4 aromatic rings. The molecule has 4 heterocycles. The number of methoxy groups -OCH3 is 1. The van der Waals surface area contributed by atoms with Gasteiger partial charge in [0.1, 0.15) is 11.2 Å². The smallest absolute Gasteiger partial charge is 0.348 e. The van der Waals surface area contributed by atoms with Crippen molar-refractivity contribution in [2.24, 2.45) is 0 Å². The van der Waals surface area contributed by atoms with Crippen molar-refractivity contribution in [1.29, 1.82) is 0 Å². The minimum absolute atomic E-state index is 0.284. The molecule has 0 aromatic carbocycles. The molecule has 0 unspecified atom stereocenters. The highest BCUT2D eigenvalue weighted by molar-refractivity contribution is 7.21. The summed E-state index contributed by atoms with van der Waals surface area (Å²) >= 11 is 1.50. The van der Waals surface area contributed by atoms with E-state index in [4.69, 9.17) is 4.74 Å². The van der Waals surface area contributed by atoms with E-state index in [0.717, 1.165) is 38.2 Å². The molecule has 26 heavy (non-hydrogen) atoms. The van der Waals surface area contributed by atoms with Gasteiger partial charge in [0, 0.05) is 11.8 Å². The van der Waals surface area contributed by atoms with Gasteiger partial charge in [-0.2, -0.15) is 5.10 Å². The third-order valence-electron chi connectivity index (χ3n) is 4.71. The van der Waals surface area contributed by atoms with E-state index < -0.39 is 0 Å². The maximum Gasteiger partial charge on any atom is 0.348 e. The molecule has 4 rings (SSSR count). The minimum Gasteiger partial charge on any atom is -0.465 e. The lowest BCUT2D eigenvalue weighted by atomic mass is 9.99. The van der Waals surface area contributed by atoms with E-state index in [2.05, 4.69) is 35.0 Å². The lowest BCUT2D eigenvalue weighted by molar-refractivity contribution is 0.0605. The number of nitrogens with one attached hydrogen (secondary N) is 1. The monoisotopic (exact) mass is 368 g/mol. The van der Waals surface area contributed by atoms with Crippen molar-refractivity contribution in [3.05, 3.63) is 40.2 Å². The fraction of sp³-hybridized carbons (Fsp3) is 0.316. The zero-order valence-corrected chi connectivity index (χ0v) is 16.2. The van der Waals surface area contributed by atoms with Gasteiger partial charge in [0.2, 0.25) is 0 Å². The van der Waals surface area contributed by atoms with E-state index in [1.54, 1.807) is 10.8 Å². The molecule has 0 bridgehead atoms. The van der Waals surface area contributed by atoms with Gasteiger partial charge in [0.15, 0.2) is 5.65 Å². The lowest BCUT2D eigenvalue weighted by Crippen LogP contribution is -2.00. The Balaban J connectivity index is 2.00. The molecule has 0 aliphatic heterocycles. The Hall–Kier alpha value is -2.67. The molecular weight excluding hydrogens is 348 g/mol. The molecule has 0 radical (unpaired) electrons. The summed E-state index contributed by atoms with van der Waals surface area (Å²) in [5, 5.41) is 4.28. The van der Waals surface area contributed by atoms with Crippen molar-refractivity contribution in [3.8, 4) is 11.3 Å². The molecule has 0 amide bonds. The zero-order chi connectivity index (χ0) is 18.6. The average molecular weight is 368 g/mol. The summed E-state index contributed by atoms with van der Waals surface area (Å²) in [7, 11) is 1.42. The molecule has 4 aromatic heterocycles. The summed E-state index contributed by atoms with van der Waals surface area (Å²) in [6.45, 7) is 8.33. The predicted octanol–water partition coefficient (Wildman–Crippen LogP) is 4.47. The summed E-state index contributed by atoms with van der Waals surface area (Å²) < 4.78 is 7.84.